The molecule has 0 bridgehead atoms. The predicted molar refractivity (Wildman–Crippen MR) is 91.0 cm³/mol. The normalized spacial score (nSPS) is 18.1. The summed E-state index contributed by atoms with van der Waals surface area (Å²) in [6.45, 7) is 1.29. The van der Waals surface area contributed by atoms with Gasteiger partial charge in [0.05, 0.1) is 27.9 Å². The molecule has 1 aromatic carbocycles. The van der Waals surface area contributed by atoms with Crippen molar-refractivity contribution in [2.75, 3.05) is 41.5 Å². The van der Waals surface area contributed by atoms with E-state index in [2.05, 4.69) is 4.90 Å². The van der Waals surface area contributed by atoms with Gasteiger partial charge in [-0.1, -0.05) is 6.42 Å². The number of likely N-dealkylation sites (tertiary alicyclic amines) is 1. The van der Waals surface area contributed by atoms with Crippen LogP contribution in [0.4, 0.5) is 0 Å². The Kier molecular flexibility index (Phi) is 6.73. The van der Waals surface area contributed by atoms with Crippen LogP contribution in [0.2, 0.25) is 0 Å². The number of carbonyl (C=O) groups excluding carboxylic acids is 1. The number of rotatable bonds is 7. The maximum Gasteiger partial charge on any atom is 0.323 e. The molecule has 1 aliphatic heterocycles. The van der Waals surface area contributed by atoms with Gasteiger partial charge < -0.3 is 18.9 Å². The van der Waals surface area contributed by atoms with E-state index in [4.69, 9.17) is 18.9 Å². The fraction of sp³-hybridized carbons (Fsp3) is 0.611. The molecular formula is C18H27NO5. The van der Waals surface area contributed by atoms with Gasteiger partial charge in [-0.05, 0) is 44.1 Å². The number of hydrogen-bond acceptors (Lipinski definition) is 6. The van der Waals surface area contributed by atoms with Gasteiger partial charge in [0.1, 0.15) is 6.04 Å². The van der Waals surface area contributed by atoms with Crippen LogP contribution < -0.4 is 14.2 Å². The molecule has 1 aromatic rings. The Morgan fingerprint density at radius 2 is 1.79 bits per heavy atom. The molecule has 2 rings (SSSR count). The van der Waals surface area contributed by atoms with E-state index in [9.17, 15) is 4.79 Å². The lowest BCUT2D eigenvalue weighted by atomic mass is 10.0. The summed E-state index contributed by atoms with van der Waals surface area (Å²) < 4.78 is 21.4. The van der Waals surface area contributed by atoms with E-state index in [1.807, 2.05) is 19.2 Å². The van der Waals surface area contributed by atoms with E-state index in [-0.39, 0.29) is 12.0 Å². The zero-order valence-corrected chi connectivity index (χ0v) is 15.0. The first kappa shape index (κ1) is 18.4. The first-order chi connectivity index (χ1) is 11.6. The zero-order valence-electron chi connectivity index (χ0n) is 15.0. The van der Waals surface area contributed by atoms with Crippen molar-refractivity contribution in [1.29, 1.82) is 0 Å². The molecule has 0 spiro atoms. The molecule has 0 aliphatic carbocycles. The minimum absolute atomic E-state index is 0.112. The van der Waals surface area contributed by atoms with Gasteiger partial charge in [0.2, 0.25) is 5.75 Å². The molecule has 1 atom stereocenters. The first-order valence-corrected chi connectivity index (χ1v) is 8.26. The summed E-state index contributed by atoms with van der Waals surface area (Å²) in [5.74, 6) is 1.63. The molecule has 0 amide bonds. The van der Waals surface area contributed by atoms with Crippen molar-refractivity contribution in [2.45, 2.75) is 31.7 Å². The molecule has 0 radical (unpaired) electrons. The number of hydrogen-bond donors (Lipinski definition) is 0. The van der Waals surface area contributed by atoms with Gasteiger partial charge in [-0.15, -0.1) is 0 Å². The molecule has 134 valence electrons. The minimum atomic E-state index is -0.135. The Morgan fingerprint density at radius 3 is 2.33 bits per heavy atom. The molecule has 0 aromatic heterocycles. The number of carbonyl (C=O) groups is 1. The second-order valence-corrected chi connectivity index (χ2v) is 5.94. The highest BCUT2D eigenvalue weighted by atomic mass is 16.5. The van der Waals surface area contributed by atoms with Gasteiger partial charge in [-0.3, -0.25) is 9.69 Å². The molecule has 0 saturated carbocycles. The van der Waals surface area contributed by atoms with Crippen molar-refractivity contribution in [3.8, 4) is 17.2 Å². The smallest absolute Gasteiger partial charge is 0.323 e. The van der Waals surface area contributed by atoms with Crippen LogP contribution in [0.25, 0.3) is 0 Å². The summed E-state index contributed by atoms with van der Waals surface area (Å²) in [5.41, 5.74) is 0.967. The predicted octanol–water partition coefficient (Wildman–Crippen LogP) is 2.28. The van der Waals surface area contributed by atoms with E-state index in [0.717, 1.165) is 31.4 Å². The fourth-order valence-electron chi connectivity index (χ4n) is 3.02. The Balaban J connectivity index is 1.95. The number of methoxy groups -OCH3 is 3. The molecule has 1 aliphatic rings. The first-order valence-electron chi connectivity index (χ1n) is 8.26. The van der Waals surface area contributed by atoms with E-state index < -0.39 is 0 Å². The van der Waals surface area contributed by atoms with E-state index >= 15 is 0 Å². The molecular weight excluding hydrogens is 310 g/mol. The number of likely N-dealkylation sites (N-methyl/N-ethyl adjacent to an activating group) is 1. The van der Waals surface area contributed by atoms with Crippen molar-refractivity contribution in [3.05, 3.63) is 17.7 Å². The van der Waals surface area contributed by atoms with Gasteiger partial charge in [0.15, 0.2) is 11.5 Å². The average Bonchev–Trinajstić information content (AvgIpc) is 2.60. The van der Waals surface area contributed by atoms with Crippen LogP contribution in [-0.4, -0.2) is 58.4 Å². The molecule has 0 N–H and O–H groups in total. The summed E-state index contributed by atoms with van der Waals surface area (Å²) in [6.07, 6.45) is 3.70. The molecule has 1 fully saturated rings. The van der Waals surface area contributed by atoms with E-state index in [1.165, 1.54) is 0 Å². The lowest BCUT2D eigenvalue weighted by Gasteiger charge is -2.30. The summed E-state index contributed by atoms with van der Waals surface area (Å²) in [7, 11) is 6.72. The second kappa shape index (κ2) is 8.78. The summed E-state index contributed by atoms with van der Waals surface area (Å²) in [6, 6.07) is 3.64. The Bertz CT molecular complexity index is 535. The summed E-state index contributed by atoms with van der Waals surface area (Å²) >= 11 is 0. The minimum Gasteiger partial charge on any atom is -0.493 e. The van der Waals surface area contributed by atoms with Gasteiger partial charge in [0.25, 0.3) is 0 Å². The van der Waals surface area contributed by atoms with Gasteiger partial charge >= 0.3 is 5.97 Å². The number of esters is 1. The number of nitrogens with zero attached hydrogens (tertiary/aromatic N) is 1. The monoisotopic (exact) mass is 337 g/mol. The highest BCUT2D eigenvalue weighted by Crippen LogP contribution is 2.38. The summed E-state index contributed by atoms with van der Waals surface area (Å²) in [5, 5.41) is 0. The Labute approximate surface area is 143 Å². The van der Waals surface area contributed by atoms with Crippen LogP contribution in [0.5, 0.6) is 17.2 Å². The maximum atomic E-state index is 12.2. The third-order valence-corrected chi connectivity index (χ3v) is 4.40. The van der Waals surface area contributed by atoms with Gasteiger partial charge in [-0.25, -0.2) is 0 Å². The number of ether oxygens (including phenoxy) is 4. The SMILES string of the molecule is COc1cc(CCOC(=O)C2CCCCN2C)cc(OC)c1OC. The summed E-state index contributed by atoms with van der Waals surface area (Å²) in [4.78, 5) is 14.3. The molecule has 1 unspecified atom stereocenters. The highest BCUT2D eigenvalue weighted by Gasteiger charge is 2.27. The van der Waals surface area contributed by atoms with Gasteiger partial charge in [-0.2, -0.15) is 0 Å². The van der Waals surface area contributed by atoms with Crippen molar-refractivity contribution in [2.24, 2.45) is 0 Å². The van der Waals surface area contributed by atoms with E-state index in [1.54, 1.807) is 21.3 Å². The van der Waals surface area contributed by atoms with Crippen molar-refractivity contribution in [3.63, 3.8) is 0 Å². The lowest BCUT2D eigenvalue weighted by Crippen LogP contribution is -2.43. The second-order valence-electron chi connectivity index (χ2n) is 5.94. The van der Waals surface area contributed by atoms with Crippen LogP contribution in [0.3, 0.4) is 0 Å². The third-order valence-electron chi connectivity index (χ3n) is 4.40. The quantitative estimate of drug-likeness (QED) is 0.712. The van der Waals surface area contributed by atoms with Crippen molar-refractivity contribution >= 4 is 5.97 Å². The molecule has 1 saturated heterocycles. The molecule has 6 heteroatoms. The topological polar surface area (TPSA) is 57.2 Å². The number of benzene rings is 1. The number of piperidine rings is 1. The maximum absolute atomic E-state index is 12.2. The fourth-order valence-corrected chi connectivity index (χ4v) is 3.02. The lowest BCUT2D eigenvalue weighted by molar-refractivity contribution is -0.150. The Hall–Kier alpha value is -1.95. The van der Waals surface area contributed by atoms with Gasteiger partial charge in [0, 0.05) is 6.42 Å². The average molecular weight is 337 g/mol. The van der Waals surface area contributed by atoms with Crippen LogP contribution >= 0.6 is 0 Å². The third kappa shape index (κ3) is 4.32. The largest absolute Gasteiger partial charge is 0.493 e. The molecule has 1 heterocycles. The zero-order chi connectivity index (χ0) is 17.5. The highest BCUT2D eigenvalue weighted by molar-refractivity contribution is 5.75. The van der Waals surface area contributed by atoms with Crippen LogP contribution in [-0.2, 0) is 16.0 Å². The van der Waals surface area contributed by atoms with Crippen molar-refractivity contribution < 1.29 is 23.7 Å². The van der Waals surface area contributed by atoms with Crippen LogP contribution in [0.15, 0.2) is 12.1 Å². The van der Waals surface area contributed by atoms with Crippen molar-refractivity contribution in [1.82, 2.24) is 4.90 Å². The Morgan fingerprint density at radius 1 is 1.12 bits per heavy atom. The molecule has 6 nitrogen and oxygen atoms in total. The molecule has 24 heavy (non-hydrogen) atoms. The standard InChI is InChI=1S/C18H27NO5/c1-19-9-6-5-7-14(19)18(20)24-10-8-13-11-15(21-2)17(23-4)16(12-13)22-3/h11-12,14H,5-10H2,1-4H3. The van der Waals surface area contributed by atoms with Crippen LogP contribution in [0.1, 0.15) is 24.8 Å². The van der Waals surface area contributed by atoms with Crippen LogP contribution in [0, 0.1) is 0 Å². The van der Waals surface area contributed by atoms with E-state index in [0.29, 0.717) is 30.3 Å².